The SMILES string of the molecule is CC(C)[C@@H](C(=O)N1C[C@H](O)C[C@@]1(C)C(=O)NCc1ccc(C2(O)COC2)cc1)N1Cc2ccccc2C1=O. The molecule has 3 heterocycles. The smallest absolute Gasteiger partial charge is 0.255 e. The van der Waals surface area contributed by atoms with Gasteiger partial charge in [-0.25, -0.2) is 0 Å². The van der Waals surface area contributed by atoms with Gasteiger partial charge in [0.25, 0.3) is 5.91 Å². The van der Waals surface area contributed by atoms with Crippen LogP contribution in [0, 0.1) is 5.92 Å². The molecule has 9 nitrogen and oxygen atoms in total. The standard InChI is InChI=1S/C29H35N3O6/c1-18(2)24(31-14-20-6-4-5-7-23(20)25(31)34)26(35)32-15-22(33)12-28(32,3)27(36)30-13-19-8-10-21(11-9-19)29(37)16-38-17-29/h4-11,18,22,24,33,37H,12-17H2,1-3H3,(H,30,36)/t22-,24+,28+/m1/s1. The Labute approximate surface area is 222 Å². The fourth-order valence-electron chi connectivity index (χ4n) is 5.80. The number of amides is 3. The summed E-state index contributed by atoms with van der Waals surface area (Å²) in [6, 6.07) is 13.9. The first kappa shape index (κ1) is 26.3. The summed E-state index contributed by atoms with van der Waals surface area (Å²) in [6.45, 7) is 6.56. The number of aliphatic hydroxyl groups excluding tert-OH is 1. The average molecular weight is 522 g/mol. The third-order valence-corrected chi connectivity index (χ3v) is 8.07. The van der Waals surface area contributed by atoms with Gasteiger partial charge in [0.2, 0.25) is 11.8 Å². The Balaban J connectivity index is 1.31. The van der Waals surface area contributed by atoms with E-state index in [2.05, 4.69) is 5.32 Å². The second-order valence-electron chi connectivity index (χ2n) is 11.3. The van der Waals surface area contributed by atoms with Crippen molar-refractivity contribution >= 4 is 17.7 Å². The van der Waals surface area contributed by atoms with Crippen LogP contribution in [0.3, 0.4) is 0 Å². The predicted octanol–water partition coefficient (Wildman–Crippen LogP) is 1.55. The van der Waals surface area contributed by atoms with Crippen LogP contribution >= 0.6 is 0 Å². The molecular formula is C29H35N3O6. The van der Waals surface area contributed by atoms with Gasteiger partial charge in [-0.05, 0) is 35.6 Å². The van der Waals surface area contributed by atoms with Crippen LogP contribution in [-0.2, 0) is 33.0 Å². The second kappa shape index (κ2) is 9.80. The van der Waals surface area contributed by atoms with E-state index >= 15 is 0 Å². The van der Waals surface area contributed by atoms with Crippen LogP contribution in [0.25, 0.3) is 0 Å². The number of aliphatic hydroxyl groups is 2. The van der Waals surface area contributed by atoms with Crippen molar-refractivity contribution in [2.24, 2.45) is 5.92 Å². The second-order valence-corrected chi connectivity index (χ2v) is 11.3. The third-order valence-electron chi connectivity index (χ3n) is 8.07. The number of hydrogen-bond acceptors (Lipinski definition) is 6. The van der Waals surface area contributed by atoms with Gasteiger partial charge in [0, 0.05) is 31.6 Å². The van der Waals surface area contributed by atoms with Crippen LogP contribution < -0.4 is 5.32 Å². The van der Waals surface area contributed by atoms with E-state index in [1.54, 1.807) is 17.9 Å². The number of carbonyl (C=O) groups excluding carboxylic acids is 3. The molecule has 0 saturated carbocycles. The lowest BCUT2D eigenvalue weighted by atomic mass is 9.91. The van der Waals surface area contributed by atoms with Crippen molar-refractivity contribution in [2.75, 3.05) is 19.8 Å². The zero-order chi connectivity index (χ0) is 27.2. The maximum absolute atomic E-state index is 14.0. The molecule has 0 bridgehead atoms. The molecule has 3 N–H and O–H groups in total. The molecule has 202 valence electrons. The maximum atomic E-state index is 14.0. The van der Waals surface area contributed by atoms with E-state index in [0.29, 0.717) is 12.1 Å². The monoisotopic (exact) mass is 521 g/mol. The Kier molecular flexibility index (Phi) is 6.79. The minimum Gasteiger partial charge on any atom is -0.391 e. The summed E-state index contributed by atoms with van der Waals surface area (Å²) in [5.41, 5.74) is 0.849. The Morgan fingerprint density at radius 3 is 2.42 bits per heavy atom. The third kappa shape index (κ3) is 4.48. The molecule has 2 aromatic rings. The van der Waals surface area contributed by atoms with Crippen LogP contribution in [0.1, 0.15) is 54.2 Å². The fourth-order valence-corrected chi connectivity index (χ4v) is 5.80. The summed E-state index contributed by atoms with van der Waals surface area (Å²) in [5, 5.41) is 23.9. The lowest BCUT2D eigenvalue weighted by Gasteiger charge is -2.39. The van der Waals surface area contributed by atoms with Gasteiger partial charge in [-0.1, -0.05) is 56.3 Å². The van der Waals surface area contributed by atoms with E-state index in [0.717, 1.165) is 16.7 Å². The summed E-state index contributed by atoms with van der Waals surface area (Å²) in [6.07, 6.45) is -0.742. The van der Waals surface area contributed by atoms with E-state index in [-0.39, 0.29) is 56.4 Å². The van der Waals surface area contributed by atoms with Crippen molar-refractivity contribution in [3.05, 3.63) is 70.8 Å². The number of β-amino-alcohol motifs (C(OH)–C–C–N with tert-alkyl or cyclic N) is 1. The number of benzene rings is 2. The van der Waals surface area contributed by atoms with Gasteiger partial charge in [-0.15, -0.1) is 0 Å². The predicted molar refractivity (Wildman–Crippen MR) is 139 cm³/mol. The molecule has 3 aliphatic heterocycles. The van der Waals surface area contributed by atoms with Gasteiger partial charge in [0.05, 0.1) is 19.3 Å². The van der Waals surface area contributed by atoms with Crippen LogP contribution in [0.5, 0.6) is 0 Å². The zero-order valence-corrected chi connectivity index (χ0v) is 22.0. The number of rotatable bonds is 7. The average Bonchev–Trinajstić information content (AvgIpc) is 3.37. The van der Waals surface area contributed by atoms with Crippen LogP contribution in [0.4, 0.5) is 0 Å². The lowest BCUT2D eigenvalue weighted by molar-refractivity contribution is -0.184. The maximum Gasteiger partial charge on any atom is 0.255 e. The fraction of sp³-hybridized carbons (Fsp3) is 0.483. The van der Waals surface area contributed by atoms with Crippen molar-refractivity contribution in [1.82, 2.24) is 15.1 Å². The van der Waals surface area contributed by atoms with Crippen molar-refractivity contribution in [3.63, 3.8) is 0 Å². The minimum absolute atomic E-state index is 0.0241. The molecule has 38 heavy (non-hydrogen) atoms. The number of ether oxygens (including phenoxy) is 1. The number of nitrogens with zero attached hydrogens (tertiary/aromatic N) is 2. The Bertz CT molecular complexity index is 1240. The van der Waals surface area contributed by atoms with E-state index in [1.165, 1.54) is 4.90 Å². The summed E-state index contributed by atoms with van der Waals surface area (Å²) < 4.78 is 5.11. The molecule has 0 aromatic heterocycles. The number of carbonyl (C=O) groups is 3. The van der Waals surface area contributed by atoms with Crippen molar-refractivity contribution in [2.45, 2.75) is 63.6 Å². The van der Waals surface area contributed by atoms with Crippen molar-refractivity contribution in [1.29, 1.82) is 0 Å². The highest BCUT2D eigenvalue weighted by Gasteiger charge is 2.52. The molecule has 2 saturated heterocycles. The van der Waals surface area contributed by atoms with E-state index in [9.17, 15) is 24.6 Å². The summed E-state index contributed by atoms with van der Waals surface area (Å²) >= 11 is 0. The highest BCUT2D eigenvalue weighted by molar-refractivity contribution is 6.02. The largest absolute Gasteiger partial charge is 0.391 e. The molecule has 9 heteroatoms. The van der Waals surface area contributed by atoms with Gasteiger partial charge in [-0.2, -0.15) is 0 Å². The highest BCUT2D eigenvalue weighted by atomic mass is 16.5. The highest BCUT2D eigenvalue weighted by Crippen LogP contribution is 2.35. The van der Waals surface area contributed by atoms with Crippen LogP contribution in [-0.4, -0.2) is 75.2 Å². The minimum atomic E-state index is -1.27. The summed E-state index contributed by atoms with van der Waals surface area (Å²) in [5.74, 6) is -1.09. The normalized spacial score (nSPS) is 24.8. The van der Waals surface area contributed by atoms with Crippen molar-refractivity contribution in [3.8, 4) is 0 Å². The van der Waals surface area contributed by atoms with Gasteiger partial charge in [0.1, 0.15) is 17.2 Å². The molecule has 0 spiro atoms. The number of hydrogen-bond donors (Lipinski definition) is 3. The lowest BCUT2D eigenvalue weighted by Crippen LogP contribution is -2.60. The Morgan fingerprint density at radius 1 is 1.13 bits per heavy atom. The van der Waals surface area contributed by atoms with Crippen LogP contribution in [0.15, 0.2) is 48.5 Å². The Morgan fingerprint density at radius 2 is 1.82 bits per heavy atom. The number of fused-ring (bicyclic) bond motifs is 1. The summed E-state index contributed by atoms with van der Waals surface area (Å²) in [4.78, 5) is 43.7. The molecular weight excluding hydrogens is 486 g/mol. The first-order valence-electron chi connectivity index (χ1n) is 13.1. The summed E-state index contributed by atoms with van der Waals surface area (Å²) in [7, 11) is 0. The molecule has 0 unspecified atom stereocenters. The molecule has 2 fully saturated rings. The first-order chi connectivity index (χ1) is 18.0. The van der Waals surface area contributed by atoms with Crippen LogP contribution in [0.2, 0.25) is 0 Å². The molecule has 2 aromatic carbocycles. The number of nitrogens with one attached hydrogen (secondary N) is 1. The van der Waals surface area contributed by atoms with Crippen molar-refractivity contribution < 1.29 is 29.3 Å². The van der Waals surface area contributed by atoms with Gasteiger partial charge in [-0.3, -0.25) is 14.4 Å². The topological polar surface area (TPSA) is 119 Å². The Hall–Kier alpha value is -3.27. The first-order valence-corrected chi connectivity index (χ1v) is 13.1. The molecule has 5 rings (SSSR count). The molecule has 0 radical (unpaired) electrons. The van der Waals surface area contributed by atoms with Gasteiger partial charge >= 0.3 is 0 Å². The zero-order valence-electron chi connectivity index (χ0n) is 22.0. The molecule has 3 aliphatic rings. The molecule has 3 atom stereocenters. The van der Waals surface area contributed by atoms with E-state index in [4.69, 9.17) is 4.74 Å². The molecule has 0 aliphatic carbocycles. The van der Waals surface area contributed by atoms with Gasteiger partial charge in [0.15, 0.2) is 0 Å². The van der Waals surface area contributed by atoms with E-state index in [1.807, 2.05) is 56.3 Å². The van der Waals surface area contributed by atoms with E-state index < -0.39 is 23.3 Å². The quantitative estimate of drug-likeness (QED) is 0.509. The van der Waals surface area contributed by atoms with Gasteiger partial charge < -0.3 is 30.1 Å². The number of likely N-dealkylation sites (tertiary alicyclic amines) is 1. The molecule has 3 amide bonds.